The van der Waals surface area contributed by atoms with Crippen molar-refractivity contribution in [2.45, 2.75) is 13.8 Å². The zero-order valence-corrected chi connectivity index (χ0v) is 12.9. The fourth-order valence-electron chi connectivity index (χ4n) is 1.63. The predicted octanol–water partition coefficient (Wildman–Crippen LogP) is 2.21. The lowest BCUT2D eigenvalue weighted by Crippen LogP contribution is -2.15. The summed E-state index contributed by atoms with van der Waals surface area (Å²) < 4.78 is 9.41. The molecule has 1 aromatic carbocycles. The molecule has 6 nitrogen and oxygen atoms in total. The molecule has 0 radical (unpaired) electrons. The summed E-state index contributed by atoms with van der Waals surface area (Å²) in [5.74, 6) is -3.13. The van der Waals surface area contributed by atoms with Crippen molar-refractivity contribution in [3.8, 4) is 0 Å². The van der Waals surface area contributed by atoms with Gasteiger partial charge in [-0.25, -0.2) is 9.59 Å². The van der Waals surface area contributed by atoms with Crippen LogP contribution in [0, 0.1) is 0 Å². The summed E-state index contributed by atoms with van der Waals surface area (Å²) in [5.41, 5.74) is 0.152. The first-order valence-electron chi connectivity index (χ1n) is 7.06. The fraction of sp³-hybridized carbons (Fsp3) is 0.235. The van der Waals surface area contributed by atoms with Gasteiger partial charge in [0.2, 0.25) is 0 Å². The topological polar surface area (TPSA) is 89.9 Å². The zero-order valence-electron chi connectivity index (χ0n) is 12.9. The lowest BCUT2D eigenvalue weighted by atomic mass is 10.1. The van der Waals surface area contributed by atoms with E-state index in [0.717, 1.165) is 12.2 Å². The molecule has 0 heterocycles. The van der Waals surface area contributed by atoms with Gasteiger partial charge in [-0.1, -0.05) is 30.3 Å². The lowest BCUT2D eigenvalue weighted by molar-refractivity contribution is -0.151. The van der Waals surface area contributed by atoms with Crippen molar-refractivity contribution in [1.82, 2.24) is 0 Å². The van der Waals surface area contributed by atoms with Crippen LogP contribution in [0.15, 0.2) is 48.1 Å². The Kier molecular flexibility index (Phi) is 7.26. The summed E-state index contributed by atoms with van der Waals surface area (Å²) >= 11 is 0. The van der Waals surface area contributed by atoms with E-state index in [4.69, 9.17) is 4.74 Å². The standard InChI is InChI=1S/C17H18O6/c1-3-22-16(20)13(10-11-14(18)17(21)23-4-2)15(19)12-8-6-5-7-9-12/h5-11,19H,3-4H2,1-2H3/b11-10+,15-13+. The molecular formula is C17H18O6. The van der Waals surface area contributed by atoms with Crippen LogP contribution in [0.5, 0.6) is 0 Å². The van der Waals surface area contributed by atoms with Crippen molar-refractivity contribution in [1.29, 1.82) is 0 Å². The highest BCUT2D eigenvalue weighted by atomic mass is 16.5. The molecule has 0 atom stereocenters. The highest BCUT2D eigenvalue weighted by Gasteiger charge is 2.17. The van der Waals surface area contributed by atoms with Gasteiger partial charge in [0.25, 0.3) is 5.78 Å². The highest BCUT2D eigenvalue weighted by Crippen LogP contribution is 2.18. The maximum Gasteiger partial charge on any atom is 0.379 e. The van der Waals surface area contributed by atoms with Crippen LogP contribution >= 0.6 is 0 Å². The lowest BCUT2D eigenvalue weighted by Gasteiger charge is -2.07. The van der Waals surface area contributed by atoms with Gasteiger partial charge in [0, 0.05) is 5.56 Å². The van der Waals surface area contributed by atoms with Crippen LogP contribution in [0.3, 0.4) is 0 Å². The number of aliphatic hydroxyl groups excluding tert-OH is 1. The van der Waals surface area contributed by atoms with Crippen LogP contribution in [0.25, 0.3) is 5.76 Å². The number of hydrogen-bond acceptors (Lipinski definition) is 6. The van der Waals surface area contributed by atoms with Crippen molar-refractivity contribution in [2.75, 3.05) is 13.2 Å². The van der Waals surface area contributed by atoms with E-state index >= 15 is 0 Å². The Bertz CT molecular complexity index is 628. The van der Waals surface area contributed by atoms with E-state index in [0.29, 0.717) is 5.56 Å². The van der Waals surface area contributed by atoms with Gasteiger partial charge in [-0.15, -0.1) is 0 Å². The first-order chi connectivity index (χ1) is 11.0. The number of carbonyl (C=O) groups excluding carboxylic acids is 3. The monoisotopic (exact) mass is 318 g/mol. The largest absolute Gasteiger partial charge is 0.506 e. The van der Waals surface area contributed by atoms with E-state index in [2.05, 4.69) is 4.74 Å². The van der Waals surface area contributed by atoms with Gasteiger partial charge in [0.05, 0.1) is 13.2 Å². The minimum Gasteiger partial charge on any atom is -0.506 e. The third kappa shape index (κ3) is 5.43. The summed E-state index contributed by atoms with van der Waals surface area (Å²) in [7, 11) is 0. The summed E-state index contributed by atoms with van der Waals surface area (Å²) in [4.78, 5) is 34.8. The van der Waals surface area contributed by atoms with Crippen LogP contribution in [-0.2, 0) is 23.9 Å². The van der Waals surface area contributed by atoms with Crippen molar-refractivity contribution in [3.63, 3.8) is 0 Å². The molecule has 0 aliphatic carbocycles. The summed E-state index contributed by atoms with van der Waals surface area (Å²) in [6.07, 6.45) is 1.91. The van der Waals surface area contributed by atoms with E-state index < -0.39 is 17.7 Å². The average Bonchev–Trinajstić information content (AvgIpc) is 2.56. The molecule has 23 heavy (non-hydrogen) atoms. The molecule has 0 aliphatic rings. The molecule has 0 amide bonds. The molecule has 0 saturated carbocycles. The quantitative estimate of drug-likeness (QED) is 0.272. The Morgan fingerprint density at radius 2 is 1.52 bits per heavy atom. The van der Waals surface area contributed by atoms with Crippen LogP contribution in [0.2, 0.25) is 0 Å². The molecule has 0 saturated heterocycles. The van der Waals surface area contributed by atoms with E-state index in [9.17, 15) is 19.5 Å². The number of ether oxygens (including phenoxy) is 2. The average molecular weight is 318 g/mol. The van der Waals surface area contributed by atoms with Crippen LogP contribution in [0.1, 0.15) is 19.4 Å². The van der Waals surface area contributed by atoms with Gasteiger partial charge in [0.1, 0.15) is 11.3 Å². The molecule has 122 valence electrons. The second-order valence-electron chi connectivity index (χ2n) is 4.27. The number of aliphatic hydroxyl groups is 1. The van der Waals surface area contributed by atoms with Crippen molar-refractivity contribution < 1.29 is 29.0 Å². The zero-order chi connectivity index (χ0) is 17.2. The third-order valence-electron chi connectivity index (χ3n) is 2.68. The van der Waals surface area contributed by atoms with Crippen molar-refractivity contribution in [3.05, 3.63) is 53.6 Å². The number of ketones is 1. The second kappa shape index (κ2) is 9.19. The van der Waals surface area contributed by atoms with Gasteiger partial charge in [0.15, 0.2) is 0 Å². The molecule has 0 aromatic heterocycles. The second-order valence-corrected chi connectivity index (χ2v) is 4.27. The normalized spacial score (nSPS) is 11.7. The van der Waals surface area contributed by atoms with Crippen molar-refractivity contribution in [2.24, 2.45) is 0 Å². The maximum absolute atomic E-state index is 11.9. The van der Waals surface area contributed by atoms with E-state index in [1.54, 1.807) is 44.2 Å². The summed E-state index contributed by atoms with van der Waals surface area (Å²) in [5, 5.41) is 10.2. The van der Waals surface area contributed by atoms with Crippen LogP contribution in [-0.4, -0.2) is 36.0 Å². The van der Waals surface area contributed by atoms with Gasteiger partial charge in [-0.2, -0.15) is 0 Å². The SMILES string of the molecule is CCOC(=O)C(=O)/C=C/C(C(=O)OCC)=C(\O)c1ccccc1. The van der Waals surface area contributed by atoms with E-state index in [-0.39, 0.29) is 24.5 Å². The Morgan fingerprint density at radius 1 is 0.957 bits per heavy atom. The minimum absolute atomic E-state index is 0.0637. The smallest absolute Gasteiger partial charge is 0.379 e. The van der Waals surface area contributed by atoms with Crippen LogP contribution in [0.4, 0.5) is 0 Å². The van der Waals surface area contributed by atoms with Gasteiger partial charge < -0.3 is 14.6 Å². The number of carbonyl (C=O) groups is 3. The molecule has 1 N–H and O–H groups in total. The minimum atomic E-state index is -1.04. The molecule has 6 heteroatoms. The van der Waals surface area contributed by atoms with E-state index in [1.165, 1.54) is 0 Å². The Morgan fingerprint density at radius 3 is 2.09 bits per heavy atom. The van der Waals surface area contributed by atoms with Crippen LogP contribution < -0.4 is 0 Å². The molecule has 0 spiro atoms. The molecule has 0 unspecified atom stereocenters. The molecular weight excluding hydrogens is 300 g/mol. The van der Waals surface area contributed by atoms with Gasteiger partial charge >= 0.3 is 11.9 Å². The number of hydrogen-bond donors (Lipinski definition) is 1. The molecule has 1 rings (SSSR count). The summed E-state index contributed by atoms with van der Waals surface area (Å²) in [6, 6.07) is 8.30. The molecule has 0 fully saturated rings. The highest BCUT2D eigenvalue weighted by molar-refractivity contribution is 6.38. The Labute approximate surface area is 134 Å². The van der Waals surface area contributed by atoms with E-state index in [1.807, 2.05) is 0 Å². The number of benzene rings is 1. The maximum atomic E-state index is 11.9. The molecule has 0 bridgehead atoms. The third-order valence-corrected chi connectivity index (χ3v) is 2.68. The molecule has 0 aliphatic heterocycles. The predicted molar refractivity (Wildman–Crippen MR) is 83.4 cm³/mol. The first kappa shape index (κ1) is 18.2. The summed E-state index contributed by atoms with van der Waals surface area (Å²) in [6.45, 7) is 3.35. The fourth-order valence-corrected chi connectivity index (χ4v) is 1.63. The number of esters is 2. The van der Waals surface area contributed by atoms with Gasteiger partial charge in [-0.3, -0.25) is 4.79 Å². The van der Waals surface area contributed by atoms with Crippen molar-refractivity contribution >= 4 is 23.5 Å². The number of rotatable bonds is 7. The Balaban J connectivity index is 3.14. The Hall–Kier alpha value is -2.89. The first-order valence-corrected chi connectivity index (χ1v) is 7.06. The van der Waals surface area contributed by atoms with Gasteiger partial charge in [-0.05, 0) is 26.0 Å². The molecule has 1 aromatic rings.